The number of rotatable bonds is 14. The minimum Gasteiger partial charge on any atom is -0.493 e. The van der Waals surface area contributed by atoms with Crippen LogP contribution in [-0.4, -0.2) is 48.1 Å². The number of fused-ring (bicyclic) bond motifs is 2. The average molecular weight is 528 g/mol. The van der Waals surface area contributed by atoms with Crippen molar-refractivity contribution in [3.8, 4) is 11.5 Å². The topological polar surface area (TPSA) is 116 Å². The number of halogens is 1. The van der Waals surface area contributed by atoms with Crippen molar-refractivity contribution in [2.75, 3.05) is 24.4 Å². The lowest BCUT2D eigenvalue weighted by atomic mass is 9.82. The van der Waals surface area contributed by atoms with E-state index in [1.54, 1.807) is 18.2 Å². The number of alkyl halides is 1. The molecule has 0 unspecified atom stereocenters. The van der Waals surface area contributed by atoms with E-state index >= 15 is 0 Å². The Labute approximate surface area is 220 Å². The number of Topliss-reactive ketones (excluding diaryl/α,β-unsaturated/α-hetero) is 2. The summed E-state index contributed by atoms with van der Waals surface area (Å²) >= 11 is 5.62. The first-order valence-electron chi connectivity index (χ1n) is 12.2. The van der Waals surface area contributed by atoms with E-state index in [9.17, 15) is 24.0 Å². The summed E-state index contributed by atoms with van der Waals surface area (Å²) in [4.78, 5) is 61.5. The predicted octanol–water partition coefficient (Wildman–Crippen LogP) is 4.92. The van der Waals surface area contributed by atoms with Gasteiger partial charge in [0.25, 0.3) is 0 Å². The molecule has 2 aromatic carbocycles. The molecule has 0 fully saturated rings. The number of carbonyl (C=O) groups is 5. The maximum absolute atomic E-state index is 13.7. The minimum absolute atomic E-state index is 0.0781. The summed E-state index contributed by atoms with van der Waals surface area (Å²) in [5.41, 5.74) is 0.853. The second-order valence-corrected chi connectivity index (χ2v) is 9.20. The van der Waals surface area contributed by atoms with Gasteiger partial charge in [-0.2, -0.15) is 0 Å². The molecule has 0 aliphatic heterocycles. The maximum Gasteiger partial charge on any atom is 0.239 e. The third kappa shape index (κ3) is 7.26. The summed E-state index contributed by atoms with van der Waals surface area (Å²) in [5.74, 6) is -0.931. The molecule has 1 aliphatic rings. The van der Waals surface area contributed by atoms with Gasteiger partial charge in [0.05, 0.1) is 24.3 Å². The molecule has 1 amide bonds. The maximum atomic E-state index is 13.7. The van der Waals surface area contributed by atoms with Crippen molar-refractivity contribution in [2.45, 2.75) is 52.4 Å². The third-order valence-electron chi connectivity index (χ3n) is 5.84. The summed E-state index contributed by atoms with van der Waals surface area (Å²) in [6.07, 6.45) is 3.36. The number of benzene rings is 2. The molecule has 0 spiro atoms. The van der Waals surface area contributed by atoms with Gasteiger partial charge in [-0.3, -0.25) is 14.4 Å². The Kier molecular flexibility index (Phi) is 9.97. The van der Waals surface area contributed by atoms with Crippen LogP contribution in [0.3, 0.4) is 0 Å². The van der Waals surface area contributed by atoms with Crippen molar-refractivity contribution in [3.63, 3.8) is 0 Å². The first kappa shape index (κ1) is 28.1. The Morgan fingerprint density at radius 3 is 1.97 bits per heavy atom. The van der Waals surface area contributed by atoms with Gasteiger partial charge in [0, 0.05) is 35.7 Å². The van der Waals surface area contributed by atoms with E-state index in [1.165, 1.54) is 26.0 Å². The van der Waals surface area contributed by atoms with Crippen molar-refractivity contribution in [1.82, 2.24) is 0 Å². The molecular formula is C28H30ClNO7. The lowest BCUT2D eigenvalue weighted by molar-refractivity contribution is -0.118. The van der Waals surface area contributed by atoms with Crippen LogP contribution in [0.15, 0.2) is 30.3 Å². The molecule has 9 heteroatoms. The largest absolute Gasteiger partial charge is 0.493 e. The Balaban J connectivity index is 1.92. The summed E-state index contributed by atoms with van der Waals surface area (Å²) in [5, 5.41) is 2.61. The predicted molar refractivity (Wildman–Crippen MR) is 139 cm³/mol. The second-order valence-electron chi connectivity index (χ2n) is 8.93. The first-order valence-corrected chi connectivity index (χ1v) is 12.8. The van der Waals surface area contributed by atoms with Gasteiger partial charge >= 0.3 is 0 Å². The number of ether oxygens (including phenoxy) is 2. The van der Waals surface area contributed by atoms with Crippen molar-refractivity contribution in [1.29, 1.82) is 0 Å². The van der Waals surface area contributed by atoms with Gasteiger partial charge in [0.2, 0.25) is 11.7 Å². The van der Waals surface area contributed by atoms with Crippen LogP contribution in [0.4, 0.5) is 5.69 Å². The third-order valence-corrected chi connectivity index (χ3v) is 6.08. The van der Waals surface area contributed by atoms with Crippen LogP contribution in [0.25, 0.3) is 0 Å². The highest BCUT2D eigenvalue weighted by molar-refractivity contribution is 6.31. The molecular weight excluding hydrogens is 498 g/mol. The Morgan fingerprint density at radius 1 is 0.784 bits per heavy atom. The average Bonchev–Trinajstić information content (AvgIpc) is 2.86. The van der Waals surface area contributed by atoms with E-state index in [4.69, 9.17) is 21.1 Å². The molecule has 0 bridgehead atoms. The van der Waals surface area contributed by atoms with Gasteiger partial charge in [-0.05, 0) is 51.7 Å². The van der Waals surface area contributed by atoms with Crippen LogP contribution in [0.5, 0.6) is 11.5 Å². The monoisotopic (exact) mass is 527 g/mol. The summed E-state index contributed by atoms with van der Waals surface area (Å²) in [6.45, 7) is 3.56. The number of carbonyl (C=O) groups excluding carboxylic acids is 5. The van der Waals surface area contributed by atoms with Crippen LogP contribution in [-0.2, 0) is 14.4 Å². The highest BCUT2D eigenvalue weighted by Crippen LogP contribution is 2.39. The second kappa shape index (κ2) is 13.1. The minimum atomic E-state index is -0.468. The lowest BCUT2D eigenvalue weighted by Crippen LogP contribution is -2.24. The number of nitrogens with one attached hydrogen (secondary N) is 1. The smallest absolute Gasteiger partial charge is 0.239 e. The van der Waals surface area contributed by atoms with E-state index in [2.05, 4.69) is 5.32 Å². The van der Waals surface area contributed by atoms with E-state index < -0.39 is 17.5 Å². The fourth-order valence-electron chi connectivity index (χ4n) is 4.07. The van der Waals surface area contributed by atoms with Crippen LogP contribution < -0.4 is 14.8 Å². The van der Waals surface area contributed by atoms with Crippen molar-refractivity contribution >= 4 is 46.3 Å². The molecule has 8 nitrogen and oxygen atoms in total. The fraction of sp³-hybridized carbons (Fsp3) is 0.393. The molecule has 196 valence electrons. The molecule has 0 heterocycles. The van der Waals surface area contributed by atoms with Crippen LogP contribution >= 0.6 is 11.6 Å². The number of ketones is 4. The standard InChI is InChI=1S/C28H30ClNO7/c1-17(31)8-3-5-12-36-22-11-7-10-20-25(22)28(35)26-21(27(20)34)14-19(30-24(33)16-29)15-23(26)37-13-6-4-9-18(2)32/h7,10-11,14-15H,3-6,8-9,12-13,16H2,1-2H3,(H,30,33). The number of amides is 1. The molecule has 0 radical (unpaired) electrons. The van der Waals surface area contributed by atoms with Gasteiger partial charge in [0.15, 0.2) is 5.78 Å². The number of hydrogen-bond donors (Lipinski definition) is 1. The van der Waals surface area contributed by atoms with Gasteiger partial charge in [-0.1, -0.05) is 12.1 Å². The van der Waals surface area contributed by atoms with Crippen LogP contribution in [0.1, 0.15) is 84.2 Å². The molecule has 0 aromatic heterocycles. The molecule has 3 rings (SSSR count). The van der Waals surface area contributed by atoms with Gasteiger partial charge in [-0.15, -0.1) is 11.6 Å². The molecule has 1 N–H and O–H groups in total. The highest BCUT2D eigenvalue weighted by Gasteiger charge is 2.35. The summed E-state index contributed by atoms with van der Waals surface area (Å²) in [6, 6.07) is 7.78. The van der Waals surface area contributed by atoms with E-state index in [1.807, 2.05) is 0 Å². The molecule has 0 atom stereocenters. The zero-order valence-electron chi connectivity index (χ0n) is 21.0. The van der Waals surface area contributed by atoms with Gasteiger partial charge in [0.1, 0.15) is 28.9 Å². The summed E-state index contributed by atoms with van der Waals surface area (Å²) < 4.78 is 11.8. The quantitative estimate of drug-likeness (QED) is 0.234. The van der Waals surface area contributed by atoms with Crippen LogP contribution in [0, 0.1) is 0 Å². The van der Waals surface area contributed by atoms with E-state index in [-0.39, 0.29) is 63.5 Å². The Bertz CT molecular complexity index is 1220. The number of hydrogen-bond acceptors (Lipinski definition) is 7. The van der Waals surface area contributed by atoms with Gasteiger partial charge in [-0.25, -0.2) is 0 Å². The number of anilines is 1. The highest BCUT2D eigenvalue weighted by atomic mass is 35.5. The molecule has 37 heavy (non-hydrogen) atoms. The Morgan fingerprint density at radius 2 is 1.38 bits per heavy atom. The van der Waals surface area contributed by atoms with E-state index in [0.29, 0.717) is 45.1 Å². The van der Waals surface area contributed by atoms with Crippen molar-refractivity contribution in [2.24, 2.45) is 0 Å². The van der Waals surface area contributed by atoms with Crippen molar-refractivity contribution in [3.05, 3.63) is 52.6 Å². The van der Waals surface area contributed by atoms with E-state index in [0.717, 1.165) is 0 Å². The zero-order valence-corrected chi connectivity index (χ0v) is 21.7. The van der Waals surface area contributed by atoms with Crippen molar-refractivity contribution < 1.29 is 33.4 Å². The SMILES string of the molecule is CC(=O)CCCCOc1cccc2c1C(=O)c1c(OCCCCC(C)=O)cc(NC(=O)CCl)cc1C2=O. The Hall–Kier alpha value is -3.52. The molecule has 0 saturated carbocycles. The zero-order chi connectivity index (χ0) is 26.9. The molecule has 2 aromatic rings. The first-order chi connectivity index (χ1) is 17.7. The normalized spacial score (nSPS) is 12.0. The fourth-order valence-corrected chi connectivity index (χ4v) is 4.14. The van der Waals surface area contributed by atoms with Gasteiger partial charge < -0.3 is 24.4 Å². The number of unbranched alkanes of at least 4 members (excludes halogenated alkanes) is 2. The summed E-state index contributed by atoms with van der Waals surface area (Å²) in [7, 11) is 0. The molecule has 1 aliphatic carbocycles. The van der Waals surface area contributed by atoms with Crippen LogP contribution in [0.2, 0.25) is 0 Å². The lowest BCUT2D eigenvalue weighted by Gasteiger charge is -2.23. The molecule has 0 saturated heterocycles.